The van der Waals surface area contributed by atoms with Gasteiger partial charge in [-0.15, -0.1) is 11.3 Å². The van der Waals surface area contributed by atoms with Crippen molar-refractivity contribution in [2.24, 2.45) is 4.99 Å². The third-order valence-electron chi connectivity index (χ3n) is 5.93. The van der Waals surface area contributed by atoms with Gasteiger partial charge in [0.05, 0.1) is 19.3 Å². The number of anilines is 1. The molecule has 0 saturated carbocycles. The molecule has 162 valence electrons. The van der Waals surface area contributed by atoms with Crippen LogP contribution < -0.4 is 15.5 Å². The van der Waals surface area contributed by atoms with Gasteiger partial charge in [0, 0.05) is 43.8 Å². The van der Waals surface area contributed by atoms with Gasteiger partial charge in [0.15, 0.2) is 5.96 Å². The normalized spacial score (nSPS) is 19.1. The summed E-state index contributed by atoms with van der Waals surface area (Å²) >= 11 is 1.85. The van der Waals surface area contributed by atoms with Gasteiger partial charge in [0.25, 0.3) is 0 Å². The summed E-state index contributed by atoms with van der Waals surface area (Å²) in [6.45, 7) is 7.47. The molecular weight excluding hydrogens is 394 g/mol. The van der Waals surface area contributed by atoms with Crippen molar-refractivity contribution in [3.63, 3.8) is 0 Å². The lowest BCUT2D eigenvalue weighted by Crippen LogP contribution is -2.42. The summed E-state index contributed by atoms with van der Waals surface area (Å²) in [5.41, 5.74) is 2.58. The van der Waals surface area contributed by atoms with Gasteiger partial charge in [0.1, 0.15) is 0 Å². The van der Waals surface area contributed by atoms with Gasteiger partial charge in [-0.3, -0.25) is 9.89 Å². The van der Waals surface area contributed by atoms with E-state index in [1.54, 1.807) is 0 Å². The second-order valence-corrected chi connectivity index (χ2v) is 8.79. The van der Waals surface area contributed by atoms with Gasteiger partial charge in [-0.25, -0.2) is 0 Å². The van der Waals surface area contributed by atoms with E-state index < -0.39 is 0 Å². The van der Waals surface area contributed by atoms with Gasteiger partial charge < -0.3 is 20.3 Å². The van der Waals surface area contributed by atoms with Crippen LogP contribution in [0.25, 0.3) is 0 Å². The number of likely N-dealkylation sites (tertiary alicyclic amines) is 1. The number of thiophene rings is 1. The molecule has 0 aliphatic carbocycles. The lowest BCUT2D eigenvalue weighted by molar-refractivity contribution is 0.122. The fourth-order valence-electron chi connectivity index (χ4n) is 4.31. The molecule has 0 radical (unpaired) electrons. The molecule has 1 aromatic carbocycles. The number of rotatable bonds is 7. The number of guanidine groups is 1. The second-order valence-electron chi connectivity index (χ2n) is 7.81. The van der Waals surface area contributed by atoms with Gasteiger partial charge in [-0.1, -0.05) is 24.3 Å². The first-order chi connectivity index (χ1) is 14.8. The van der Waals surface area contributed by atoms with Crippen LogP contribution in [0.1, 0.15) is 29.3 Å². The largest absolute Gasteiger partial charge is 0.378 e. The average molecular weight is 428 g/mol. The zero-order chi connectivity index (χ0) is 20.6. The summed E-state index contributed by atoms with van der Waals surface area (Å²) in [5, 5.41) is 9.27. The lowest BCUT2D eigenvalue weighted by atomic mass is 10.1. The van der Waals surface area contributed by atoms with Crippen molar-refractivity contribution in [1.82, 2.24) is 15.5 Å². The SMILES string of the molecule is CN=C(NCc1ccccc1N1CCOCC1)NCC(c1cccs1)N1CCCC1. The molecule has 2 aromatic rings. The molecule has 0 amide bonds. The van der Waals surface area contributed by atoms with E-state index in [0.717, 1.165) is 45.4 Å². The number of aliphatic imine (C=N–C) groups is 1. The van der Waals surface area contributed by atoms with E-state index in [1.165, 1.54) is 42.1 Å². The second kappa shape index (κ2) is 10.8. The van der Waals surface area contributed by atoms with E-state index in [4.69, 9.17) is 4.74 Å². The summed E-state index contributed by atoms with van der Waals surface area (Å²) < 4.78 is 5.51. The molecular formula is C23H33N5OS. The third-order valence-corrected chi connectivity index (χ3v) is 6.90. The molecule has 2 saturated heterocycles. The minimum atomic E-state index is 0.409. The van der Waals surface area contributed by atoms with E-state index in [1.807, 2.05) is 18.4 Å². The number of ether oxygens (including phenoxy) is 1. The maximum Gasteiger partial charge on any atom is 0.191 e. The molecule has 2 N–H and O–H groups in total. The predicted octanol–water partition coefficient (Wildman–Crippen LogP) is 3.09. The average Bonchev–Trinajstić information content (AvgIpc) is 3.52. The first kappa shape index (κ1) is 21.2. The first-order valence-corrected chi connectivity index (χ1v) is 11.9. The highest BCUT2D eigenvalue weighted by atomic mass is 32.1. The number of morpholine rings is 1. The Bertz CT molecular complexity index is 798. The Kier molecular flexibility index (Phi) is 7.61. The molecule has 1 atom stereocenters. The Balaban J connectivity index is 1.36. The molecule has 2 fully saturated rings. The maximum absolute atomic E-state index is 5.51. The van der Waals surface area contributed by atoms with E-state index in [9.17, 15) is 0 Å². The highest BCUT2D eigenvalue weighted by Gasteiger charge is 2.24. The zero-order valence-electron chi connectivity index (χ0n) is 17.8. The van der Waals surface area contributed by atoms with Crippen molar-refractivity contribution in [3.05, 3.63) is 52.2 Å². The van der Waals surface area contributed by atoms with E-state index >= 15 is 0 Å². The van der Waals surface area contributed by atoms with E-state index in [0.29, 0.717) is 6.04 Å². The van der Waals surface area contributed by atoms with Crippen LogP contribution >= 0.6 is 11.3 Å². The van der Waals surface area contributed by atoms with Crippen LogP contribution in [0.2, 0.25) is 0 Å². The van der Waals surface area contributed by atoms with Crippen molar-refractivity contribution < 1.29 is 4.74 Å². The predicted molar refractivity (Wildman–Crippen MR) is 126 cm³/mol. The highest BCUT2D eigenvalue weighted by molar-refractivity contribution is 7.10. The van der Waals surface area contributed by atoms with Crippen LogP contribution in [0, 0.1) is 0 Å². The zero-order valence-corrected chi connectivity index (χ0v) is 18.7. The first-order valence-electron chi connectivity index (χ1n) is 11.0. The molecule has 0 spiro atoms. The quantitative estimate of drug-likeness (QED) is 0.525. The van der Waals surface area contributed by atoms with Crippen molar-refractivity contribution in [1.29, 1.82) is 0 Å². The van der Waals surface area contributed by atoms with Crippen LogP contribution in [0.4, 0.5) is 5.69 Å². The number of nitrogens with one attached hydrogen (secondary N) is 2. The molecule has 6 nitrogen and oxygen atoms in total. The fraction of sp³-hybridized carbons (Fsp3) is 0.522. The number of hydrogen-bond donors (Lipinski definition) is 2. The minimum absolute atomic E-state index is 0.409. The molecule has 30 heavy (non-hydrogen) atoms. The summed E-state index contributed by atoms with van der Waals surface area (Å²) in [7, 11) is 1.85. The van der Waals surface area contributed by atoms with Crippen molar-refractivity contribution in [3.8, 4) is 0 Å². The monoisotopic (exact) mass is 427 g/mol. The van der Waals surface area contributed by atoms with Crippen LogP contribution in [-0.2, 0) is 11.3 Å². The Labute approximate surface area is 183 Å². The number of para-hydroxylation sites is 1. The Morgan fingerprint density at radius 3 is 2.60 bits per heavy atom. The molecule has 2 aliphatic heterocycles. The maximum atomic E-state index is 5.51. The standard InChI is InChI=1S/C23H33N5OS/c1-24-23(26-18-21(22-9-6-16-30-22)27-10-4-5-11-27)25-17-19-7-2-3-8-20(19)28-12-14-29-15-13-28/h2-3,6-9,16,21H,4-5,10-15,17-18H2,1H3,(H2,24,25,26). The molecule has 2 aliphatic rings. The van der Waals surface area contributed by atoms with Crippen LogP contribution in [0.3, 0.4) is 0 Å². The Hall–Kier alpha value is -2.09. The van der Waals surface area contributed by atoms with Crippen molar-refractivity contribution >= 4 is 23.0 Å². The van der Waals surface area contributed by atoms with Gasteiger partial charge >= 0.3 is 0 Å². The molecule has 0 bridgehead atoms. The van der Waals surface area contributed by atoms with Crippen LogP contribution in [-0.4, -0.2) is 63.8 Å². The van der Waals surface area contributed by atoms with Crippen LogP contribution in [0.15, 0.2) is 46.8 Å². The molecule has 3 heterocycles. The van der Waals surface area contributed by atoms with Gasteiger partial charge in [-0.2, -0.15) is 0 Å². The van der Waals surface area contributed by atoms with Gasteiger partial charge in [-0.05, 0) is 49.0 Å². The van der Waals surface area contributed by atoms with Crippen molar-refractivity contribution in [2.45, 2.75) is 25.4 Å². The number of hydrogen-bond acceptors (Lipinski definition) is 5. The van der Waals surface area contributed by atoms with Crippen LogP contribution in [0.5, 0.6) is 0 Å². The molecule has 1 aromatic heterocycles. The Morgan fingerprint density at radius 2 is 1.87 bits per heavy atom. The molecule has 7 heteroatoms. The topological polar surface area (TPSA) is 52.1 Å². The van der Waals surface area contributed by atoms with E-state index in [-0.39, 0.29) is 0 Å². The summed E-state index contributed by atoms with van der Waals surface area (Å²) in [4.78, 5) is 10.9. The minimum Gasteiger partial charge on any atom is -0.378 e. The molecule has 4 rings (SSSR count). The summed E-state index contributed by atoms with van der Waals surface area (Å²) in [6.07, 6.45) is 2.60. The lowest BCUT2D eigenvalue weighted by Gasteiger charge is -2.31. The Morgan fingerprint density at radius 1 is 1.07 bits per heavy atom. The number of nitrogens with zero attached hydrogens (tertiary/aromatic N) is 3. The van der Waals surface area contributed by atoms with E-state index in [2.05, 4.69) is 67.2 Å². The fourth-order valence-corrected chi connectivity index (χ4v) is 5.17. The number of benzene rings is 1. The van der Waals surface area contributed by atoms with Gasteiger partial charge in [0.2, 0.25) is 0 Å². The summed E-state index contributed by atoms with van der Waals surface area (Å²) in [6, 6.07) is 13.4. The smallest absolute Gasteiger partial charge is 0.191 e. The summed E-state index contributed by atoms with van der Waals surface area (Å²) in [5.74, 6) is 0.854. The highest BCUT2D eigenvalue weighted by Crippen LogP contribution is 2.28. The molecule has 1 unspecified atom stereocenters. The van der Waals surface area contributed by atoms with Crippen molar-refractivity contribution in [2.75, 3.05) is 57.9 Å². The third kappa shape index (κ3) is 5.33.